The molecule has 0 aliphatic carbocycles. The molecular formula is C17H24N4O2. The van der Waals surface area contributed by atoms with Crippen molar-refractivity contribution in [2.75, 3.05) is 19.5 Å². The number of ether oxygens (including phenoxy) is 2. The number of hydrogen-bond acceptors (Lipinski definition) is 5. The first-order valence-electron chi connectivity index (χ1n) is 7.67. The molecule has 0 aliphatic rings. The van der Waals surface area contributed by atoms with E-state index in [1.807, 2.05) is 25.1 Å². The van der Waals surface area contributed by atoms with Crippen LogP contribution in [-0.2, 0) is 0 Å². The number of imidazole rings is 1. The Balaban J connectivity index is 2.24. The Bertz CT molecular complexity index is 677. The van der Waals surface area contributed by atoms with E-state index in [0.717, 1.165) is 17.7 Å². The van der Waals surface area contributed by atoms with Crippen molar-refractivity contribution in [3.8, 4) is 11.5 Å². The number of nitrogens with zero attached hydrogens (tertiary/aromatic N) is 3. The molecule has 2 N–H and O–H groups in total. The monoisotopic (exact) mass is 316 g/mol. The first-order chi connectivity index (χ1) is 11.0. The van der Waals surface area contributed by atoms with Crippen LogP contribution in [-0.4, -0.2) is 29.6 Å². The summed E-state index contributed by atoms with van der Waals surface area (Å²) in [4.78, 5) is 4.12. The average molecular weight is 316 g/mol. The van der Waals surface area contributed by atoms with Crippen molar-refractivity contribution in [2.45, 2.75) is 27.2 Å². The number of para-hydroxylation sites is 1. The molecule has 0 saturated carbocycles. The van der Waals surface area contributed by atoms with Crippen LogP contribution in [0.4, 0.5) is 5.95 Å². The Hall–Kier alpha value is -2.50. The van der Waals surface area contributed by atoms with Crippen LogP contribution in [0.3, 0.4) is 0 Å². The first-order valence-corrected chi connectivity index (χ1v) is 7.67. The summed E-state index contributed by atoms with van der Waals surface area (Å²) in [5.74, 6) is 2.31. The van der Waals surface area contributed by atoms with Gasteiger partial charge in [0, 0.05) is 5.56 Å². The van der Waals surface area contributed by atoms with E-state index in [2.05, 4.69) is 23.9 Å². The van der Waals surface area contributed by atoms with E-state index in [4.69, 9.17) is 15.2 Å². The van der Waals surface area contributed by atoms with Gasteiger partial charge in [-0.1, -0.05) is 19.9 Å². The molecule has 6 heteroatoms. The number of nitrogens with two attached hydrogens (primary N) is 1. The highest BCUT2D eigenvalue weighted by molar-refractivity contribution is 5.85. The summed E-state index contributed by atoms with van der Waals surface area (Å²) in [5.41, 5.74) is 7.45. The normalized spacial score (nSPS) is 11.3. The lowest BCUT2D eigenvalue weighted by Crippen LogP contribution is -2.05. The van der Waals surface area contributed by atoms with Gasteiger partial charge in [-0.05, 0) is 31.4 Å². The van der Waals surface area contributed by atoms with Crippen LogP contribution in [0.25, 0.3) is 0 Å². The molecule has 2 aromatic rings. The van der Waals surface area contributed by atoms with E-state index in [0.29, 0.717) is 30.0 Å². The first kappa shape index (κ1) is 16.9. The standard InChI is InChI=1S/C17H24N4O2/c1-12(2)8-9-23-16-14(6-5-7-15(16)22-4)10-19-21-11-13(3)20-17(21)18/h5-7,10-12H,8-9H2,1-4H3,(H2,18,20). The van der Waals surface area contributed by atoms with Crippen molar-refractivity contribution in [1.82, 2.24) is 9.66 Å². The molecule has 1 heterocycles. The lowest BCUT2D eigenvalue weighted by Gasteiger charge is -2.14. The minimum Gasteiger partial charge on any atom is -0.493 e. The van der Waals surface area contributed by atoms with Crippen molar-refractivity contribution < 1.29 is 9.47 Å². The summed E-state index contributed by atoms with van der Waals surface area (Å²) < 4.78 is 12.8. The van der Waals surface area contributed by atoms with Crippen LogP contribution in [0.2, 0.25) is 0 Å². The number of nitrogen functional groups attached to an aromatic ring is 1. The van der Waals surface area contributed by atoms with Crippen LogP contribution in [0, 0.1) is 12.8 Å². The Morgan fingerprint density at radius 1 is 1.39 bits per heavy atom. The van der Waals surface area contributed by atoms with E-state index in [1.165, 1.54) is 4.68 Å². The molecule has 6 nitrogen and oxygen atoms in total. The van der Waals surface area contributed by atoms with Crippen molar-refractivity contribution in [2.24, 2.45) is 11.0 Å². The highest BCUT2D eigenvalue weighted by Gasteiger charge is 2.10. The summed E-state index contributed by atoms with van der Waals surface area (Å²) in [5, 5.41) is 4.34. The maximum atomic E-state index is 5.92. The Kier molecular flexibility index (Phi) is 5.62. The largest absolute Gasteiger partial charge is 0.493 e. The van der Waals surface area contributed by atoms with Gasteiger partial charge in [0.1, 0.15) is 0 Å². The van der Waals surface area contributed by atoms with Crippen LogP contribution in [0.5, 0.6) is 11.5 Å². The number of aryl methyl sites for hydroxylation is 1. The number of methoxy groups -OCH3 is 1. The second kappa shape index (κ2) is 7.67. The molecule has 1 aromatic heterocycles. The number of rotatable bonds is 7. The van der Waals surface area contributed by atoms with E-state index in [9.17, 15) is 0 Å². The van der Waals surface area contributed by atoms with Gasteiger partial charge in [0.25, 0.3) is 0 Å². The van der Waals surface area contributed by atoms with Gasteiger partial charge >= 0.3 is 0 Å². The fourth-order valence-corrected chi connectivity index (χ4v) is 2.07. The zero-order valence-electron chi connectivity index (χ0n) is 14.1. The lowest BCUT2D eigenvalue weighted by atomic mass is 10.1. The summed E-state index contributed by atoms with van der Waals surface area (Å²) in [7, 11) is 1.63. The zero-order valence-corrected chi connectivity index (χ0v) is 14.1. The van der Waals surface area contributed by atoms with Gasteiger partial charge in [0.15, 0.2) is 11.5 Å². The van der Waals surface area contributed by atoms with Gasteiger partial charge < -0.3 is 15.2 Å². The predicted octanol–water partition coefficient (Wildman–Crippen LogP) is 3.09. The Morgan fingerprint density at radius 3 is 2.78 bits per heavy atom. The third-order valence-electron chi connectivity index (χ3n) is 3.33. The van der Waals surface area contributed by atoms with Gasteiger partial charge in [-0.15, -0.1) is 0 Å². The number of anilines is 1. The van der Waals surface area contributed by atoms with E-state index >= 15 is 0 Å². The summed E-state index contributed by atoms with van der Waals surface area (Å²) in [6.45, 7) is 6.83. The fourth-order valence-electron chi connectivity index (χ4n) is 2.07. The van der Waals surface area contributed by atoms with Crippen LogP contribution in [0.15, 0.2) is 29.5 Å². The molecule has 0 bridgehead atoms. The highest BCUT2D eigenvalue weighted by Crippen LogP contribution is 2.30. The molecule has 0 amide bonds. The van der Waals surface area contributed by atoms with E-state index in [1.54, 1.807) is 19.5 Å². The molecule has 0 saturated heterocycles. The lowest BCUT2D eigenvalue weighted by molar-refractivity contribution is 0.272. The highest BCUT2D eigenvalue weighted by atomic mass is 16.5. The maximum Gasteiger partial charge on any atom is 0.221 e. The van der Waals surface area contributed by atoms with E-state index in [-0.39, 0.29) is 0 Å². The predicted molar refractivity (Wildman–Crippen MR) is 92.3 cm³/mol. The van der Waals surface area contributed by atoms with Crippen molar-refractivity contribution >= 4 is 12.2 Å². The summed E-state index contributed by atoms with van der Waals surface area (Å²) in [6.07, 6.45) is 4.44. The van der Waals surface area contributed by atoms with Gasteiger partial charge in [0.2, 0.25) is 5.95 Å². The summed E-state index contributed by atoms with van der Waals surface area (Å²) >= 11 is 0. The topological polar surface area (TPSA) is 74.7 Å². The smallest absolute Gasteiger partial charge is 0.221 e. The van der Waals surface area contributed by atoms with Gasteiger partial charge in [0.05, 0.1) is 31.8 Å². The third kappa shape index (κ3) is 4.48. The molecule has 0 spiro atoms. The molecule has 0 fully saturated rings. The fraction of sp³-hybridized carbons (Fsp3) is 0.412. The maximum absolute atomic E-state index is 5.92. The molecule has 124 valence electrons. The second-order valence-electron chi connectivity index (χ2n) is 5.74. The minimum atomic E-state index is 0.351. The molecule has 0 atom stereocenters. The number of aromatic nitrogens is 2. The van der Waals surface area contributed by atoms with Crippen molar-refractivity contribution in [3.05, 3.63) is 35.7 Å². The summed E-state index contributed by atoms with van der Waals surface area (Å²) in [6, 6.07) is 5.70. The van der Waals surface area contributed by atoms with Gasteiger partial charge in [-0.2, -0.15) is 5.10 Å². The van der Waals surface area contributed by atoms with Crippen LogP contribution in [0.1, 0.15) is 31.5 Å². The third-order valence-corrected chi connectivity index (χ3v) is 3.33. The molecule has 1 aromatic carbocycles. The average Bonchev–Trinajstić information content (AvgIpc) is 2.83. The van der Waals surface area contributed by atoms with Crippen molar-refractivity contribution in [3.63, 3.8) is 0 Å². The van der Waals surface area contributed by atoms with E-state index < -0.39 is 0 Å². The van der Waals surface area contributed by atoms with Crippen LogP contribution >= 0.6 is 0 Å². The minimum absolute atomic E-state index is 0.351. The molecule has 0 aliphatic heterocycles. The molecule has 0 unspecified atom stereocenters. The quantitative estimate of drug-likeness (QED) is 0.797. The number of hydrogen-bond donors (Lipinski definition) is 1. The Labute approximate surface area is 136 Å². The van der Waals surface area contributed by atoms with Gasteiger partial charge in [-0.3, -0.25) is 0 Å². The molecular weight excluding hydrogens is 292 g/mol. The Morgan fingerprint density at radius 2 is 2.17 bits per heavy atom. The molecule has 23 heavy (non-hydrogen) atoms. The molecule has 2 rings (SSSR count). The molecule has 0 radical (unpaired) electrons. The van der Waals surface area contributed by atoms with Gasteiger partial charge in [-0.25, -0.2) is 9.66 Å². The SMILES string of the molecule is COc1cccc(C=Nn2cc(C)nc2N)c1OCCC(C)C. The zero-order chi connectivity index (χ0) is 16.8. The second-order valence-corrected chi connectivity index (χ2v) is 5.74. The van der Waals surface area contributed by atoms with Crippen LogP contribution < -0.4 is 15.2 Å². The van der Waals surface area contributed by atoms with Crippen molar-refractivity contribution in [1.29, 1.82) is 0 Å². The number of benzene rings is 1.